The summed E-state index contributed by atoms with van der Waals surface area (Å²) < 4.78 is 36.3. The molecular weight excluding hydrogens is 438 g/mol. The Morgan fingerprint density at radius 1 is 1.24 bits per heavy atom. The summed E-state index contributed by atoms with van der Waals surface area (Å²) in [6.07, 6.45) is 5.65. The molecule has 0 aliphatic heterocycles. The van der Waals surface area contributed by atoms with E-state index in [9.17, 15) is 23.7 Å². The minimum absolute atomic E-state index is 0.0260. The van der Waals surface area contributed by atoms with Crippen molar-refractivity contribution in [2.24, 2.45) is 7.05 Å². The quantitative estimate of drug-likeness (QED) is 0.296. The van der Waals surface area contributed by atoms with E-state index in [1.807, 2.05) is 30.3 Å². The van der Waals surface area contributed by atoms with Crippen LogP contribution in [0.2, 0.25) is 0 Å². The van der Waals surface area contributed by atoms with Gasteiger partial charge < -0.3 is 19.4 Å². The SMILES string of the molecule is COc1cc(/C=C/C(=O)NC(c2ccccc2)c2nccn2C)c([N+](=O)[O-])cc1OC(F)F. The van der Waals surface area contributed by atoms with Crippen LogP contribution in [-0.4, -0.2) is 34.1 Å². The molecule has 9 nitrogen and oxygen atoms in total. The van der Waals surface area contributed by atoms with Gasteiger partial charge >= 0.3 is 6.61 Å². The highest BCUT2D eigenvalue weighted by Gasteiger charge is 2.22. The Balaban J connectivity index is 1.90. The highest BCUT2D eigenvalue weighted by Crippen LogP contribution is 2.36. The van der Waals surface area contributed by atoms with Crippen molar-refractivity contribution in [3.8, 4) is 11.5 Å². The monoisotopic (exact) mass is 458 g/mol. The fraction of sp³-hybridized carbons (Fsp3) is 0.182. The van der Waals surface area contributed by atoms with Crippen LogP contribution in [0.3, 0.4) is 0 Å². The third kappa shape index (κ3) is 5.70. The van der Waals surface area contributed by atoms with Gasteiger partial charge in [-0.3, -0.25) is 14.9 Å². The Kier molecular flexibility index (Phi) is 7.34. The number of aromatic nitrogens is 2. The highest BCUT2D eigenvalue weighted by atomic mass is 19.3. The maximum atomic E-state index is 12.7. The fourth-order valence-corrected chi connectivity index (χ4v) is 3.16. The third-order valence-corrected chi connectivity index (χ3v) is 4.68. The molecule has 33 heavy (non-hydrogen) atoms. The molecular formula is C22H20F2N4O5. The average Bonchev–Trinajstić information content (AvgIpc) is 3.21. The summed E-state index contributed by atoms with van der Waals surface area (Å²) in [6, 6.07) is 10.6. The van der Waals surface area contributed by atoms with Gasteiger partial charge in [0, 0.05) is 25.5 Å². The van der Waals surface area contributed by atoms with Crippen LogP contribution in [0, 0.1) is 10.1 Å². The van der Waals surface area contributed by atoms with Crippen LogP contribution in [-0.2, 0) is 11.8 Å². The molecule has 1 heterocycles. The average molecular weight is 458 g/mol. The zero-order valence-electron chi connectivity index (χ0n) is 17.6. The molecule has 0 bridgehead atoms. The summed E-state index contributed by atoms with van der Waals surface area (Å²) in [4.78, 5) is 27.7. The molecule has 0 aliphatic rings. The molecule has 172 valence electrons. The zero-order chi connectivity index (χ0) is 24.0. The number of methoxy groups -OCH3 is 1. The van der Waals surface area contributed by atoms with Gasteiger partial charge in [-0.1, -0.05) is 30.3 Å². The van der Waals surface area contributed by atoms with Crippen LogP contribution >= 0.6 is 0 Å². The number of aryl methyl sites for hydroxylation is 1. The van der Waals surface area contributed by atoms with E-state index >= 15 is 0 Å². The van der Waals surface area contributed by atoms with Crippen molar-refractivity contribution in [3.63, 3.8) is 0 Å². The number of hydrogen-bond donors (Lipinski definition) is 1. The van der Waals surface area contributed by atoms with Crippen LogP contribution in [0.15, 0.2) is 60.9 Å². The normalized spacial score (nSPS) is 12.0. The van der Waals surface area contributed by atoms with Gasteiger partial charge in [-0.25, -0.2) is 4.98 Å². The maximum absolute atomic E-state index is 12.7. The molecule has 0 fully saturated rings. The van der Waals surface area contributed by atoms with Crippen molar-refractivity contribution >= 4 is 17.7 Å². The van der Waals surface area contributed by atoms with Gasteiger partial charge in [-0.05, 0) is 17.7 Å². The number of benzene rings is 2. The van der Waals surface area contributed by atoms with Gasteiger partial charge in [0.2, 0.25) is 5.91 Å². The minimum atomic E-state index is -3.19. The van der Waals surface area contributed by atoms with Gasteiger partial charge in [0.1, 0.15) is 11.9 Å². The molecule has 3 rings (SSSR count). The Morgan fingerprint density at radius 3 is 2.55 bits per heavy atom. The second-order valence-electron chi connectivity index (χ2n) is 6.78. The van der Waals surface area contributed by atoms with Crippen LogP contribution < -0.4 is 14.8 Å². The number of nitrogens with zero attached hydrogens (tertiary/aromatic N) is 3. The molecule has 0 aliphatic carbocycles. The number of hydrogen-bond acceptors (Lipinski definition) is 6. The van der Waals surface area contributed by atoms with Crippen LogP contribution in [0.25, 0.3) is 6.08 Å². The Bertz CT molecular complexity index is 1160. The number of carbonyl (C=O) groups is 1. The number of amides is 1. The summed E-state index contributed by atoms with van der Waals surface area (Å²) >= 11 is 0. The number of carbonyl (C=O) groups excluding carboxylic acids is 1. The van der Waals surface area contributed by atoms with Crippen molar-refractivity contribution in [2.45, 2.75) is 12.7 Å². The van der Waals surface area contributed by atoms with E-state index in [2.05, 4.69) is 15.0 Å². The first-order chi connectivity index (χ1) is 15.8. The van der Waals surface area contributed by atoms with Crippen LogP contribution in [0.5, 0.6) is 11.5 Å². The number of ether oxygens (including phenoxy) is 2. The topological polar surface area (TPSA) is 109 Å². The minimum Gasteiger partial charge on any atom is -0.493 e. The van der Waals surface area contributed by atoms with Crippen molar-refractivity contribution in [1.82, 2.24) is 14.9 Å². The number of rotatable bonds is 9. The predicted octanol–water partition coefficient (Wildman–Crippen LogP) is 3.86. The van der Waals surface area contributed by atoms with E-state index in [4.69, 9.17) is 4.74 Å². The van der Waals surface area contributed by atoms with Crippen molar-refractivity contribution in [3.05, 3.63) is 88.0 Å². The Morgan fingerprint density at radius 2 is 1.97 bits per heavy atom. The van der Waals surface area contributed by atoms with Crippen LogP contribution in [0.1, 0.15) is 23.0 Å². The van der Waals surface area contributed by atoms with E-state index < -0.39 is 34.9 Å². The summed E-state index contributed by atoms with van der Waals surface area (Å²) in [6.45, 7) is -3.19. The molecule has 0 saturated heterocycles. The summed E-state index contributed by atoms with van der Waals surface area (Å²) in [5, 5.41) is 14.3. The number of nitro benzene ring substituents is 1. The highest BCUT2D eigenvalue weighted by molar-refractivity contribution is 5.93. The molecule has 3 aromatic rings. The first-order valence-corrected chi connectivity index (χ1v) is 9.62. The van der Waals surface area contributed by atoms with E-state index in [1.165, 1.54) is 13.2 Å². The number of alkyl halides is 2. The summed E-state index contributed by atoms with van der Waals surface area (Å²) in [7, 11) is 3.00. The number of imidazole rings is 1. The largest absolute Gasteiger partial charge is 0.493 e. The summed E-state index contributed by atoms with van der Waals surface area (Å²) in [5.41, 5.74) is 0.232. The molecule has 2 aromatic carbocycles. The Hall–Kier alpha value is -4.28. The zero-order valence-corrected chi connectivity index (χ0v) is 17.6. The lowest BCUT2D eigenvalue weighted by Crippen LogP contribution is -2.29. The smallest absolute Gasteiger partial charge is 0.387 e. The van der Waals surface area contributed by atoms with Crippen molar-refractivity contribution in [1.29, 1.82) is 0 Å². The second-order valence-corrected chi connectivity index (χ2v) is 6.78. The van der Waals surface area contributed by atoms with Crippen LogP contribution in [0.4, 0.5) is 14.5 Å². The lowest BCUT2D eigenvalue weighted by molar-refractivity contribution is -0.385. The van der Waals surface area contributed by atoms with Gasteiger partial charge in [0.05, 0.1) is 23.7 Å². The van der Waals surface area contributed by atoms with Gasteiger partial charge in [0.15, 0.2) is 11.5 Å². The molecule has 0 saturated carbocycles. The number of nitrogens with one attached hydrogen (secondary N) is 1. The lowest BCUT2D eigenvalue weighted by Gasteiger charge is -2.18. The maximum Gasteiger partial charge on any atom is 0.387 e. The molecule has 1 N–H and O–H groups in total. The van der Waals surface area contributed by atoms with E-state index in [1.54, 1.807) is 24.0 Å². The standard InChI is InChI=1S/C22H20F2N4O5/c1-27-11-10-25-21(27)20(14-6-4-3-5-7-14)26-19(29)9-8-15-12-17(32-2)18(33-22(23)24)13-16(15)28(30)31/h3-13,20,22H,1-2H3,(H,26,29)/b9-8+. The van der Waals surface area contributed by atoms with Gasteiger partial charge in [0.25, 0.3) is 5.69 Å². The molecule has 1 aromatic heterocycles. The van der Waals surface area contributed by atoms with Gasteiger partial charge in [-0.2, -0.15) is 8.78 Å². The number of halogens is 2. The molecule has 0 spiro atoms. The molecule has 1 amide bonds. The first-order valence-electron chi connectivity index (χ1n) is 9.62. The van der Waals surface area contributed by atoms with E-state index in [0.717, 1.165) is 23.8 Å². The lowest BCUT2D eigenvalue weighted by atomic mass is 10.1. The molecule has 1 atom stereocenters. The Labute approximate surface area is 187 Å². The van der Waals surface area contributed by atoms with E-state index in [-0.39, 0.29) is 11.3 Å². The fourth-order valence-electron chi connectivity index (χ4n) is 3.16. The first kappa shape index (κ1) is 23.4. The van der Waals surface area contributed by atoms with Crippen molar-refractivity contribution in [2.75, 3.05) is 7.11 Å². The van der Waals surface area contributed by atoms with Crippen molar-refractivity contribution < 1.29 is 28.0 Å². The van der Waals surface area contributed by atoms with E-state index in [0.29, 0.717) is 5.82 Å². The number of nitro groups is 1. The molecule has 11 heteroatoms. The summed E-state index contributed by atoms with van der Waals surface area (Å²) in [5.74, 6) is -0.590. The predicted molar refractivity (Wildman–Crippen MR) is 115 cm³/mol. The molecule has 1 unspecified atom stereocenters. The second kappa shape index (κ2) is 10.4. The third-order valence-electron chi connectivity index (χ3n) is 4.68. The molecule has 0 radical (unpaired) electrons. The van der Waals surface area contributed by atoms with Gasteiger partial charge in [-0.15, -0.1) is 0 Å².